The molecule has 11 nitrogen and oxygen atoms in total. The molecular weight excluding hydrogens is 446 g/mol. The van der Waals surface area contributed by atoms with Crippen molar-refractivity contribution in [1.82, 2.24) is 30.1 Å². The highest BCUT2D eigenvalue weighted by Gasteiger charge is 2.31. The molecular formula is C24H35N9O2. The number of nitrogens with zero attached hydrogens (tertiary/aromatic N) is 7. The van der Waals surface area contributed by atoms with Gasteiger partial charge in [-0.05, 0) is 53.0 Å². The summed E-state index contributed by atoms with van der Waals surface area (Å²) in [6.07, 6.45) is 6.77. The lowest BCUT2D eigenvalue weighted by Crippen LogP contribution is -2.59. The van der Waals surface area contributed by atoms with Gasteiger partial charge in [-0.25, -0.2) is 14.8 Å². The van der Waals surface area contributed by atoms with Crippen LogP contribution >= 0.6 is 0 Å². The summed E-state index contributed by atoms with van der Waals surface area (Å²) in [5, 5.41) is 13.9. The molecule has 2 aromatic rings. The summed E-state index contributed by atoms with van der Waals surface area (Å²) in [5.74, 6) is 1.53. The Kier molecular flexibility index (Phi) is 7.00. The van der Waals surface area contributed by atoms with E-state index in [1.165, 1.54) is 0 Å². The lowest BCUT2D eigenvalue weighted by atomic mass is 10.1. The molecule has 0 spiro atoms. The van der Waals surface area contributed by atoms with Crippen LogP contribution < -0.4 is 10.2 Å². The predicted octanol–water partition coefficient (Wildman–Crippen LogP) is 2.60. The zero-order valence-electron chi connectivity index (χ0n) is 21.2. The molecule has 188 valence electrons. The first-order valence-corrected chi connectivity index (χ1v) is 12.2. The number of guanidine groups is 1. The molecule has 2 saturated heterocycles. The van der Waals surface area contributed by atoms with Gasteiger partial charge in [-0.3, -0.25) is 0 Å². The van der Waals surface area contributed by atoms with Crippen molar-refractivity contribution in [3.63, 3.8) is 0 Å². The average molecular weight is 482 g/mol. The monoisotopic (exact) mass is 481 g/mol. The number of H-pyrrole nitrogens is 1. The number of hydrogen-bond donors (Lipinski definition) is 2. The summed E-state index contributed by atoms with van der Waals surface area (Å²) < 4.78 is 5.49. The fraction of sp³-hybridized carbons (Fsp3) is 0.625. The van der Waals surface area contributed by atoms with Crippen LogP contribution in [0.15, 0.2) is 17.5 Å². The number of carbonyl (C=O) groups is 1. The lowest BCUT2D eigenvalue weighted by molar-refractivity contribution is 0.0202. The molecule has 4 heterocycles. The fourth-order valence-electron chi connectivity index (χ4n) is 4.74. The van der Waals surface area contributed by atoms with Crippen molar-refractivity contribution in [1.29, 1.82) is 5.26 Å². The van der Waals surface area contributed by atoms with Crippen molar-refractivity contribution in [2.24, 2.45) is 4.99 Å². The molecule has 4 rings (SSSR count). The highest BCUT2D eigenvalue weighted by atomic mass is 16.6. The molecule has 0 saturated carbocycles. The van der Waals surface area contributed by atoms with Gasteiger partial charge >= 0.3 is 6.09 Å². The van der Waals surface area contributed by atoms with E-state index in [1.807, 2.05) is 33.2 Å². The van der Waals surface area contributed by atoms with Crippen molar-refractivity contribution < 1.29 is 9.53 Å². The number of nitriles is 1. The second kappa shape index (κ2) is 9.98. The summed E-state index contributed by atoms with van der Waals surface area (Å²) >= 11 is 0. The van der Waals surface area contributed by atoms with E-state index in [0.29, 0.717) is 25.6 Å². The number of anilines is 1. The Hall–Kier alpha value is -3.55. The number of amides is 1. The number of piperidine rings is 1. The highest BCUT2D eigenvalue weighted by molar-refractivity contribution is 5.90. The molecule has 2 N–H and O–H groups in total. The maximum Gasteiger partial charge on any atom is 0.410 e. The van der Waals surface area contributed by atoms with Gasteiger partial charge in [-0.15, -0.1) is 4.99 Å². The van der Waals surface area contributed by atoms with Gasteiger partial charge in [0.15, 0.2) is 0 Å². The molecule has 0 aliphatic carbocycles. The molecule has 2 aliphatic rings. The number of hydrogen-bond acceptors (Lipinski definition) is 7. The normalized spacial score (nSPS) is 20.2. The standard InChI is InChI=1S/C24H35N9O2/c1-16-12-26-20-19(16)21(29-15-28-20)32-10-11-33(17(2)13-32)22(27-14-25)30-18-6-8-31(9-7-18)23(34)35-24(3,4)5/h12,15,17-18H,6-11,13H2,1-5H3,(H,27,30)(H,26,28,29)/t17-/m0/s1. The summed E-state index contributed by atoms with van der Waals surface area (Å²) in [6.45, 7) is 13.2. The number of aliphatic imine (C=N–C) groups is 1. The van der Waals surface area contributed by atoms with Crippen LogP contribution in [-0.4, -0.2) is 87.2 Å². The SMILES string of the molecule is Cc1c[nH]c2ncnc(N3CCN(C(=NC#N)NC4CCN(C(=O)OC(C)(C)C)CC4)[C@@H](C)C3)c12. The van der Waals surface area contributed by atoms with E-state index < -0.39 is 5.60 Å². The van der Waals surface area contributed by atoms with Crippen molar-refractivity contribution in [3.05, 3.63) is 18.1 Å². The minimum absolute atomic E-state index is 0.120. The second-order valence-electron chi connectivity index (χ2n) is 10.3. The zero-order chi connectivity index (χ0) is 25.2. The molecule has 0 aromatic carbocycles. The molecule has 11 heteroatoms. The van der Waals surface area contributed by atoms with Gasteiger partial charge in [0, 0.05) is 51.0 Å². The van der Waals surface area contributed by atoms with Gasteiger partial charge in [-0.2, -0.15) is 5.26 Å². The zero-order valence-corrected chi connectivity index (χ0v) is 21.2. The highest BCUT2D eigenvalue weighted by Crippen LogP contribution is 2.27. The van der Waals surface area contributed by atoms with E-state index in [9.17, 15) is 10.1 Å². The van der Waals surface area contributed by atoms with E-state index in [1.54, 1.807) is 11.2 Å². The number of carbonyl (C=O) groups excluding carboxylic acids is 1. The van der Waals surface area contributed by atoms with E-state index in [0.717, 1.165) is 48.3 Å². The van der Waals surface area contributed by atoms with Crippen molar-refractivity contribution in [3.8, 4) is 6.19 Å². The maximum absolute atomic E-state index is 12.4. The molecule has 0 bridgehead atoms. The molecule has 0 radical (unpaired) electrons. The third-order valence-corrected chi connectivity index (χ3v) is 6.48. The number of fused-ring (bicyclic) bond motifs is 1. The third kappa shape index (κ3) is 5.58. The Morgan fingerprint density at radius 1 is 1.26 bits per heavy atom. The first kappa shape index (κ1) is 24.6. The average Bonchev–Trinajstić information content (AvgIpc) is 3.19. The van der Waals surface area contributed by atoms with Crippen LogP contribution in [0.4, 0.5) is 10.6 Å². The number of aryl methyl sites for hydroxylation is 1. The first-order valence-electron chi connectivity index (χ1n) is 12.2. The van der Waals surface area contributed by atoms with Crippen molar-refractivity contribution in [2.45, 2.75) is 65.1 Å². The van der Waals surface area contributed by atoms with Crippen LogP contribution in [0.5, 0.6) is 0 Å². The number of rotatable bonds is 2. The van der Waals surface area contributed by atoms with Gasteiger partial charge in [0.1, 0.15) is 23.4 Å². The number of likely N-dealkylation sites (tertiary alicyclic amines) is 1. The number of aromatic nitrogens is 3. The van der Waals surface area contributed by atoms with Crippen LogP contribution in [-0.2, 0) is 4.74 Å². The van der Waals surface area contributed by atoms with Gasteiger partial charge in [0.2, 0.25) is 12.2 Å². The summed E-state index contributed by atoms with van der Waals surface area (Å²) in [6, 6.07) is 0.254. The van der Waals surface area contributed by atoms with Gasteiger partial charge in [0.05, 0.1) is 5.39 Å². The van der Waals surface area contributed by atoms with E-state index >= 15 is 0 Å². The topological polar surface area (TPSA) is 126 Å². The predicted molar refractivity (Wildman–Crippen MR) is 134 cm³/mol. The van der Waals surface area contributed by atoms with Crippen molar-refractivity contribution >= 4 is 28.9 Å². The number of ether oxygens (including phenoxy) is 1. The molecule has 1 amide bonds. The molecule has 35 heavy (non-hydrogen) atoms. The summed E-state index contributed by atoms with van der Waals surface area (Å²) in [7, 11) is 0. The Balaban J connectivity index is 1.37. The molecule has 0 unspecified atom stereocenters. The van der Waals surface area contributed by atoms with Crippen LogP contribution in [0, 0.1) is 18.4 Å². The Labute approximate surface area is 206 Å². The van der Waals surface area contributed by atoms with Gasteiger partial charge in [-0.1, -0.05) is 0 Å². The Morgan fingerprint density at radius 3 is 2.66 bits per heavy atom. The van der Waals surface area contributed by atoms with Crippen LogP contribution in [0.1, 0.15) is 46.1 Å². The molecule has 2 aromatic heterocycles. The van der Waals surface area contributed by atoms with Crippen LogP contribution in [0.25, 0.3) is 11.0 Å². The van der Waals surface area contributed by atoms with Crippen LogP contribution in [0.2, 0.25) is 0 Å². The molecule has 1 atom stereocenters. The lowest BCUT2D eigenvalue weighted by Gasteiger charge is -2.43. The molecule has 2 aliphatic heterocycles. The maximum atomic E-state index is 12.4. The van der Waals surface area contributed by atoms with E-state index in [2.05, 4.69) is 48.9 Å². The Bertz CT molecular complexity index is 1120. The third-order valence-electron chi connectivity index (χ3n) is 6.48. The number of piperazine rings is 1. The van der Waals surface area contributed by atoms with Gasteiger partial charge in [0.25, 0.3) is 0 Å². The second-order valence-corrected chi connectivity index (χ2v) is 10.3. The number of aromatic amines is 1. The quantitative estimate of drug-likeness (QED) is 0.381. The molecule has 2 fully saturated rings. The van der Waals surface area contributed by atoms with E-state index in [-0.39, 0.29) is 18.2 Å². The first-order chi connectivity index (χ1) is 16.7. The minimum Gasteiger partial charge on any atom is -0.444 e. The number of nitrogens with one attached hydrogen (secondary N) is 2. The van der Waals surface area contributed by atoms with Gasteiger partial charge < -0.3 is 29.7 Å². The smallest absolute Gasteiger partial charge is 0.410 e. The van der Waals surface area contributed by atoms with Crippen LogP contribution in [0.3, 0.4) is 0 Å². The Morgan fingerprint density at radius 2 is 2.00 bits per heavy atom. The minimum atomic E-state index is -0.506. The van der Waals surface area contributed by atoms with Crippen molar-refractivity contribution in [2.75, 3.05) is 37.6 Å². The summed E-state index contributed by atoms with van der Waals surface area (Å²) in [4.78, 5) is 34.8. The summed E-state index contributed by atoms with van der Waals surface area (Å²) in [5.41, 5.74) is 1.46. The van der Waals surface area contributed by atoms with E-state index in [4.69, 9.17) is 4.74 Å². The fourth-order valence-corrected chi connectivity index (χ4v) is 4.74. The largest absolute Gasteiger partial charge is 0.444 e.